The Hall–Kier alpha value is -1.85. The number of anilines is 1. The Morgan fingerprint density at radius 3 is 3.07 bits per heavy atom. The van der Waals surface area contributed by atoms with Crippen LogP contribution >= 0.6 is 0 Å². The maximum Gasteiger partial charge on any atom is 0.308 e. The van der Waals surface area contributed by atoms with Gasteiger partial charge in [0.15, 0.2) is 5.82 Å². The molecule has 6 nitrogen and oxygen atoms in total. The number of hydrogen-bond acceptors (Lipinski definition) is 4. The fourth-order valence-electron chi connectivity index (χ4n) is 1.72. The topological polar surface area (TPSA) is 86.3 Å². The molecule has 1 fully saturated rings. The summed E-state index contributed by atoms with van der Waals surface area (Å²) in [7, 11) is 0. The second-order valence-electron chi connectivity index (χ2n) is 3.51. The van der Waals surface area contributed by atoms with E-state index in [2.05, 4.69) is 9.97 Å². The van der Waals surface area contributed by atoms with Gasteiger partial charge in [0.05, 0.1) is 5.92 Å². The molecule has 1 aliphatic heterocycles. The summed E-state index contributed by atoms with van der Waals surface area (Å²) in [6.45, 7) is 0.923. The first-order valence-corrected chi connectivity index (χ1v) is 4.70. The molecule has 0 radical (unpaired) electrons. The second-order valence-corrected chi connectivity index (χ2v) is 3.51. The van der Waals surface area contributed by atoms with Gasteiger partial charge >= 0.3 is 5.97 Å². The molecule has 0 saturated carbocycles. The smallest absolute Gasteiger partial charge is 0.308 e. The Balaban J connectivity index is 2.18. The van der Waals surface area contributed by atoms with Crippen LogP contribution in [0.1, 0.15) is 6.42 Å². The highest BCUT2D eigenvalue weighted by Gasteiger charge is 2.29. The lowest BCUT2D eigenvalue weighted by Gasteiger charge is -2.14. The molecule has 1 aromatic heterocycles. The van der Waals surface area contributed by atoms with Crippen LogP contribution in [0.2, 0.25) is 0 Å². The van der Waals surface area contributed by atoms with Crippen LogP contribution in [0.25, 0.3) is 0 Å². The largest absolute Gasteiger partial charge is 0.481 e. The van der Waals surface area contributed by atoms with E-state index in [-0.39, 0.29) is 5.56 Å². The standard InChI is InChI=1S/C9H11N3O3/c13-8-7(10-2-3-11-8)12-4-1-6(5-12)9(14)15/h2-3,6H,1,4-5H2,(H,11,13)(H,14,15)/t6-/m0/s1. The highest BCUT2D eigenvalue weighted by Crippen LogP contribution is 2.19. The molecular weight excluding hydrogens is 198 g/mol. The molecule has 0 spiro atoms. The summed E-state index contributed by atoms with van der Waals surface area (Å²) in [5.41, 5.74) is -0.275. The average molecular weight is 209 g/mol. The van der Waals surface area contributed by atoms with Gasteiger partial charge in [-0.2, -0.15) is 0 Å². The SMILES string of the molecule is O=C(O)[C@H]1CCN(c2ncc[nH]c2=O)C1. The lowest BCUT2D eigenvalue weighted by Crippen LogP contribution is -2.29. The maximum atomic E-state index is 11.4. The predicted octanol–water partition coefficient (Wildman–Crippen LogP) is -0.319. The van der Waals surface area contributed by atoms with Gasteiger partial charge in [0.25, 0.3) is 5.56 Å². The van der Waals surface area contributed by atoms with Crippen molar-refractivity contribution in [3.05, 3.63) is 22.7 Å². The summed E-state index contributed by atoms with van der Waals surface area (Å²) in [4.78, 5) is 30.3. The van der Waals surface area contributed by atoms with Crippen molar-refractivity contribution in [2.75, 3.05) is 18.0 Å². The van der Waals surface area contributed by atoms with E-state index in [1.165, 1.54) is 12.4 Å². The molecule has 1 atom stereocenters. The van der Waals surface area contributed by atoms with E-state index >= 15 is 0 Å². The number of rotatable bonds is 2. The van der Waals surface area contributed by atoms with E-state index < -0.39 is 11.9 Å². The van der Waals surface area contributed by atoms with Crippen molar-refractivity contribution in [1.29, 1.82) is 0 Å². The second kappa shape index (κ2) is 3.72. The minimum atomic E-state index is -0.815. The van der Waals surface area contributed by atoms with Crippen LogP contribution in [0.3, 0.4) is 0 Å². The van der Waals surface area contributed by atoms with Gasteiger partial charge < -0.3 is 15.0 Å². The zero-order valence-corrected chi connectivity index (χ0v) is 8.01. The summed E-state index contributed by atoms with van der Waals surface area (Å²) < 4.78 is 0. The number of carboxylic acid groups (broad SMARTS) is 1. The highest BCUT2D eigenvalue weighted by atomic mass is 16.4. The molecule has 2 rings (SSSR count). The van der Waals surface area contributed by atoms with Crippen molar-refractivity contribution >= 4 is 11.8 Å². The molecule has 0 bridgehead atoms. The molecule has 6 heteroatoms. The van der Waals surface area contributed by atoms with Crippen LogP contribution < -0.4 is 10.5 Å². The summed E-state index contributed by atoms with van der Waals surface area (Å²) in [6, 6.07) is 0. The number of carboxylic acids is 1. The summed E-state index contributed by atoms with van der Waals surface area (Å²) in [5, 5.41) is 8.81. The van der Waals surface area contributed by atoms with Gasteiger partial charge in [0, 0.05) is 25.5 Å². The van der Waals surface area contributed by atoms with Crippen molar-refractivity contribution in [2.45, 2.75) is 6.42 Å². The molecule has 0 aliphatic carbocycles. The highest BCUT2D eigenvalue weighted by molar-refractivity contribution is 5.71. The first-order chi connectivity index (χ1) is 7.18. The molecule has 80 valence electrons. The third kappa shape index (κ3) is 1.83. The summed E-state index contributed by atoms with van der Waals surface area (Å²) >= 11 is 0. The Morgan fingerprint density at radius 2 is 2.47 bits per heavy atom. The molecule has 0 amide bonds. The third-order valence-electron chi connectivity index (χ3n) is 2.53. The summed E-state index contributed by atoms with van der Waals surface area (Å²) in [5.74, 6) is -0.905. The molecule has 1 saturated heterocycles. The van der Waals surface area contributed by atoms with Crippen molar-refractivity contribution in [3.63, 3.8) is 0 Å². The predicted molar refractivity (Wildman–Crippen MR) is 52.8 cm³/mol. The molecule has 0 unspecified atom stereocenters. The molecule has 15 heavy (non-hydrogen) atoms. The van der Waals surface area contributed by atoms with E-state index in [1.807, 2.05) is 0 Å². The van der Waals surface area contributed by atoms with Gasteiger partial charge in [-0.25, -0.2) is 4.98 Å². The number of aromatic amines is 1. The van der Waals surface area contributed by atoms with E-state index in [4.69, 9.17) is 5.11 Å². The third-order valence-corrected chi connectivity index (χ3v) is 2.53. The zero-order valence-electron chi connectivity index (χ0n) is 8.01. The molecule has 2 N–H and O–H groups in total. The Bertz CT molecular complexity index is 429. The van der Waals surface area contributed by atoms with E-state index in [1.54, 1.807) is 4.90 Å². The van der Waals surface area contributed by atoms with Crippen molar-refractivity contribution < 1.29 is 9.90 Å². The number of nitrogens with zero attached hydrogens (tertiary/aromatic N) is 2. The monoisotopic (exact) mass is 209 g/mol. The van der Waals surface area contributed by atoms with Gasteiger partial charge in [0.2, 0.25) is 0 Å². The molecule has 1 aromatic rings. The van der Waals surface area contributed by atoms with Crippen LogP contribution in [0.4, 0.5) is 5.82 Å². The number of aromatic nitrogens is 2. The van der Waals surface area contributed by atoms with Gasteiger partial charge in [-0.3, -0.25) is 9.59 Å². The Morgan fingerprint density at radius 1 is 1.67 bits per heavy atom. The quantitative estimate of drug-likeness (QED) is 0.697. The number of aliphatic carboxylic acids is 1. The summed E-state index contributed by atoms with van der Waals surface area (Å²) in [6.07, 6.45) is 3.51. The van der Waals surface area contributed by atoms with Crippen LogP contribution in [0, 0.1) is 5.92 Å². The van der Waals surface area contributed by atoms with E-state index in [0.29, 0.717) is 25.3 Å². The first kappa shape index (κ1) is 9.70. The lowest BCUT2D eigenvalue weighted by molar-refractivity contribution is -0.140. The van der Waals surface area contributed by atoms with Crippen LogP contribution in [-0.4, -0.2) is 34.1 Å². The maximum absolute atomic E-state index is 11.4. The van der Waals surface area contributed by atoms with E-state index in [0.717, 1.165) is 0 Å². The first-order valence-electron chi connectivity index (χ1n) is 4.70. The Labute approximate surface area is 85.6 Å². The van der Waals surface area contributed by atoms with Gasteiger partial charge in [-0.1, -0.05) is 0 Å². The van der Waals surface area contributed by atoms with Crippen molar-refractivity contribution in [1.82, 2.24) is 9.97 Å². The molecular formula is C9H11N3O3. The van der Waals surface area contributed by atoms with Crippen molar-refractivity contribution in [3.8, 4) is 0 Å². The lowest BCUT2D eigenvalue weighted by atomic mass is 10.1. The van der Waals surface area contributed by atoms with Gasteiger partial charge in [-0.15, -0.1) is 0 Å². The van der Waals surface area contributed by atoms with Crippen LogP contribution in [0.15, 0.2) is 17.2 Å². The van der Waals surface area contributed by atoms with Crippen LogP contribution in [0.5, 0.6) is 0 Å². The fraction of sp³-hybridized carbons (Fsp3) is 0.444. The minimum Gasteiger partial charge on any atom is -0.481 e. The van der Waals surface area contributed by atoms with E-state index in [9.17, 15) is 9.59 Å². The van der Waals surface area contributed by atoms with Gasteiger partial charge in [-0.05, 0) is 6.42 Å². The number of nitrogens with one attached hydrogen (secondary N) is 1. The number of hydrogen-bond donors (Lipinski definition) is 2. The fourth-order valence-corrected chi connectivity index (χ4v) is 1.72. The number of H-pyrrole nitrogens is 1. The normalized spacial score (nSPS) is 20.5. The van der Waals surface area contributed by atoms with Gasteiger partial charge in [0.1, 0.15) is 0 Å². The molecule has 1 aliphatic rings. The Kier molecular flexibility index (Phi) is 2.40. The zero-order chi connectivity index (χ0) is 10.8. The number of carbonyl (C=O) groups is 1. The molecule has 0 aromatic carbocycles. The van der Waals surface area contributed by atoms with Crippen molar-refractivity contribution in [2.24, 2.45) is 5.92 Å². The van der Waals surface area contributed by atoms with Crippen LogP contribution in [-0.2, 0) is 4.79 Å². The minimum absolute atomic E-state index is 0.275. The molecule has 2 heterocycles. The average Bonchev–Trinajstić information content (AvgIpc) is 2.67.